The van der Waals surface area contributed by atoms with Crippen molar-refractivity contribution in [2.24, 2.45) is 5.41 Å². The van der Waals surface area contributed by atoms with Crippen LogP contribution in [0.25, 0.3) is 10.8 Å². The molecule has 5 nitrogen and oxygen atoms in total. The Hall–Kier alpha value is -2.40. The number of hydrogen-bond donors (Lipinski definition) is 2. The second-order valence-corrected chi connectivity index (χ2v) is 8.35. The van der Waals surface area contributed by atoms with Gasteiger partial charge in [0.05, 0.1) is 0 Å². The van der Waals surface area contributed by atoms with Crippen LogP contribution in [0.15, 0.2) is 30.3 Å². The minimum Gasteiger partial charge on any atom is -0.508 e. The van der Waals surface area contributed by atoms with E-state index in [9.17, 15) is 19.8 Å². The van der Waals surface area contributed by atoms with Gasteiger partial charge >= 0.3 is 5.97 Å². The van der Waals surface area contributed by atoms with E-state index in [0.717, 1.165) is 23.6 Å². The van der Waals surface area contributed by atoms with Gasteiger partial charge < -0.3 is 14.9 Å². The zero-order valence-electron chi connectivity index (χ0n) is 16.3. The summed E-state index contributed by atoms with van der Waals surface area (Å²) in [6.07, 6.45) is 2.76. The molecule has 148 valence electrons. The molecular weight excluding hydrogens is 356 g/mol. The highest BCUT2D eigenvalue weighted by Gasteiger charge is 2.61. The van der Waals surface area contributed by atoms with Crippen molar-refractivity contribution in [1.82, 2.24) is 0 Å². The largest absolute Gasteiger partial charge is 0.508 e. The van der Waals surface area contributed by atoms with Crippen LogP contribution in [0.3, 0.4) is 0 Å². The Labute approximate surface area is 164 Å². The van der Waals surface area contributed by atoms with E-state index in [-0.39, 0.29) is 24.7 Å². The number of Topliss-reactive ketones (excluding diaryl/α,β-unsaturated/α-hetero) is 1. The first-order valence-electron chi connectivity index (χ1n) is 9.96. The third kappa shape index (κ3) is 2.64. The van der Waals surface area contributed by atoms with Crippen LogP contribution in [0.5, 0.6) is 5.75 Å². The number of aliphatic hydroxyl groups is 1. The van der Waals surface area contributed by atoms with Crippen LogP contribution < -0.4 is 0 Å². The number of hydrogen-bond acceptors (Lipinski definition) is 5. The molecule has 5 heteroatoms. The minimum absolute atomic E-state index is 0.0743. The molecule has 0 aromatic heterocycles. The van der Waals surface area contributed by atoms with Crippen molar-refractivity contribution in [3.63, 3.8) is 0 Å². The molecule has 0 amide bonds. The van der Waals surface area contributed by atoms with Gasteiger partial charge in [0.1, 0.15) is 11.4 Å². The average molecular weight is 382 g/mol. The Kier molecular flexibility index (Phi) is 4.46. The summed E-state index contributed by atoms with van der Waals surface area (Å²) in [5, 5.41) is 23.3. The second kappa shape index (κ2) is 6.59. The van der Waals surface area contributed by atoms with E-state index in [0.29, 0.717) is 12.8 Å². The molecule has 0 heterocycles. The van der Waals surface area contributed by atoms with Gasteiger partial charge in [0.2, 0.25) is 5.78 Å². The first-order valence-corrected chi connectivity index (χ1v) is 9.96. The summed E-state index contributed by atoms with van der Waals surface area (Å²) in [7, 11) is 0. The first-order chi connectivity index (χ1) is 13.3. The molecule has 0 spiro atoms. The second-order valence-electron chi connectivity index (χ2n) is 8.35. The van der Waals surface area contributed by atoms with Crippen LogP contribution in [0.4, 0.5) is 0 Å². The number of ether oxygens (including phenoxy) is 1. The van der Waals surface area contributed by atoms with E-state index in [1.54, 1.807) is 19.1 Å². The van der Waals surface area contributed by atoms with Gasteiger partial charge in [-0.1, -0.05) is 32.0 Å². The highest BCUT2D eigenvalue weighted by Crippen LogP contribution is 2.61. The predicted octanol–water partition coefficient (Wildman–Crippen LogP) is 3.63. The summed E-state index contributed by atoms with van der Waals surface area (Å²) >= 11 is 0. The molecule has 0 radical (unpaired) electrons. The zero-order chi connectivity index (χ0) is 20.1. The molecular formula is C23H26O5. The number of carbonyl (C=O) groups is 2. The maximum atomic E-state index is 12.9. The van der Waals surface area contributed by atoms with Crippen LogP contribution in [0.1, 0.15) is 56.6 Å². The number of carbonyl (C=O) groups excluding carboxylic acids is 2. The van der Waals surface area contributed by atoms with Crippen molar-refractivity contribution in [2.45, 2.75) is 57.5 Å². The number of phenolic OH excluding ortho intramolecular Hbond substituents is 1. The standard InChI is InChI=1S/C23H26O5/c1-3-21(26)28-13-20(25)23(27)11-9-19-18-6-4-14-12-15(24)5-7-16(14)17(18)8-10-22(19,23)2/h4-7,12,19,24,27H,3,8-11,13H2,1-2H3/t19-,22-,23-/m0/s1. The number of benzene rings is 2. The summed E-state index contributed by atoms with van der Waals surface area (Å²) in [6, 6.07) is 9.49. The van der Waals surface area contributed by atoms with Crippen molar-refractivity contribution in [3.8, 4) is 5.75 Å². The maximum Gasteiger partial charge on any atom is 0.305 e. The molecule has 2 aliphatic rings. The van der Waals surface area contributed by atoms with Crippen molar-refractivity contribution in [2.75, 3.05) is 6.61 Å². The molecule has 28 heavy (non-hydrogen) atoms. The maximum absolute atomic E-state index is 12.9. The number of fused-ring (bicyclic) bond motifs is 5. The molecule has 1 saturated carbocycles. The molecule has 2 aromatic rings. The van der Waals surface area contributed by atoms with Crippen LogP contribution >= 0.6 is 0 Å². The Morgan fingerprint density at radius 1 is 1.21 bits per heavy atom. The number of aromatic hydroxyl groups is 1. The smallest absolute Gasteiger partial charge is 0.305 e. The summed E-state index contributed by atoms with van der Waals surface area (Å²) < 4.78 is 5.02. The monoisotopic (exact) mass is 382 g/mol. The molecule has 2 aromatic carbocycles. The number of esters is 1. The lowest BCUT2D eigenvalue weighted by Gasteiger charge is -2.45. The Bertz CT molecular complexity index is 965. The van der Waals surface area contributed by atoms with E-state index in [4.69, 9.17) is 4.74 Å². The Morgan fingerprint density at radius 3 is 2.75 bits per heavy atom. The van der Waals surface area contributed by atoms with Crippen molar-refractivity contribution in [1.29, 1.82) is 0 Å². The lowest BCUT2D eigenvalue weighted by Crippen LogP contribution is -2.53. The van der Waals surface area contributed by atoms with Gasteiger partial charge in [0.15, 0.2) is 6.61 Å². The lowest BCUT2D eigenvalue weighted by atomic mass is 9.60. The SMILES string of the molecule is CCC(=O)OCC(=O)[C@@]1(O)CC[C@H]2c3ccc4cc(O)ccc4c3CC[C@@]21C. The Balaban J connectivity index is 1.69. The van der Waals surface area contributed by atoms with Gasteiger partial charge in [-0.25, -0.2) is 0 Å². The number of phenols is 1. The van der Waals surface area contributed by atoms with E-state index in [1.165, 1.54) is 11.1 Å². The normalized spacial score (nSPS) is 28.6. The van der Waals surface area contributed by atoms with Gasteiger partial charge in [-0.3, -0.25) is 9.59 Å². The summed E-state index contributed by atoms with van der Waals surface area (Å²) in [6.45, 7) is 3.31. The van der Waals surface area contributed by atoms with Gasteiger partial charge in [-0.15, -0.1) is 0 Å². The molecule has 0 saturated heterocycles. The highest BCUT2D eigenvalue weighted by atomic mass is 16.5. The molecule has 2 aliphatic carbocycles. The molecule has 4 rings (SSSR count). The minimum atomic E-state index is -1.48. The van der Waals surface area contributed by atoms with E-state index in [1.807, 2.05) is 19.1 Å². The number of rotatable bonds is 4. The molecule has 0 aliphatic heterocycles. The first kappa shape index (κ1) is 18.9. The molecule has 0 bridgehead atoms. The van der Waals surface area contributed by atoms with Crippen LogP contribution in [0.2, 0.25) is 0 Å². The van der Waals surface area contributed by atoms with E-state index < -0.39 is 22.8 Å². The topological polar surface area (TPSA) is 83.8 Å². The molecule has 0 unspecified atom stereocenters. The number of aryl methyl sites for hydroxylation is 1. The molecule has 1 fully saturated rings. The van der Waals surface area contributed by atoms with Crippen molar-refractivity contribution < 1.29 is 24.5 Å². The third-order valence-corrected chi connectivity index (χ3v) is 7.04. The van der Waals surface area contributed by atoms with Gasteiger partial charge in [-0.05, 0) is 65.6 Å². The van der Waals surface area contributed by atoms with Gasteiger partial charge in [-0.2, -0.15) is 0 Å². The van der Waals surface area contributed by atoms with Crippen LogP contribution in [0, 0.1) is 5.41 Å². The fraction of sp³-hybridized carbons (Fsp3) is 0.478. The Morgan fingerprint density at radius 2 is 2.00 bits per heavy atom. The fourth-order valence-electron chi connectivity index (χ4n) is 5.34. The van der Waals surface area contributed by atoms with Gasteiger partial charge in [0.25, 0.3) is 0 Å². The van der Waals surface area contributed by atoms with Crippen LogP contribution in [-0.2, 0) is 20.7 Å². The van der Waals surface area contributed by atoms with Gasteiger partial charge in [0, 0.05) is 11.8 Å². The summed E-state index contributed by atoms with van der Waals surface area (Å²) in [5.41, 5.74) is 0.364. The van der Waals surface area contributed by atoms with Crippen LogP contribution in [-0.4, -0.2) is 34.2 Å². The lowest BCUT2D eigenvalue weighted by molar-refractivity contribution is -0.161. The quantitative estimate of drug-likeness (QED) is 0.789. The highest BCUT2D eigenvalue weighted by molar-refractivity contribution is 5.92. The van der Waals surface area contributed by atoms with Crippen molar-refractivity contribution >= 4 is 22.5 Å². The summed E-state index contributed by atoms with van der Waals surface area (Å²) in [5.74, 6) is -0.505. The molecule has 2 N–H and O–H groups in total. The van der Waals surface area contributed by atoms with E-state index >= 15 is 0 Å². The predicted molar refractivity (Wildman–Crippen MR) is 105 cm³/mol. The fourth-order valence-corrected chi connectivity index (χ4v) is 5.34. The molecule has 3 atom stereocenters. The third-order valence-electron chi connectivity index (χ3n) is 7.04. The average Bonchev–Trinajstić information content (AvgIpc) is 2.97. The summed E-state index contributed by atoms with van der Waals surface area (Å²) in [4.78, 5) is 24.3. The van der Waals surface area contributed by atoms with E-state index in [2.05, 4.69) is 6.07 Å². The van der Waals surface area contributed by atoms with Crippen molar-refractivity contribution in [3.05, 3.63) is 41.5 Å². The number of ketones is 1. The zero-order valence-corrected chi connectivity index (χ0v) is 16.3.